The molecule has 0 heterocycles. The van der Waals surface area contributed by atoms with Crippen LogP contribution in [0.2, 0.25) is 0 Å². The van der Waals surface area contributed by atoms with Crippen molar-refractivity contribution in [2.75, 3.05) is 0 Å². The smallest absolute Gasteiger partial charge is 0.394 e. The molecule has 0 aliphatic rings. The third kappa shape index (κ3) is 231000. The second-order valence-corrected chi connectivity index (χ2v) is 1.34. The first kappa shape index (κ1) is 179. The normalized spacial score (nSPS) is 3.87. The summed E-state index contributed by atoms with van der Waals surface area (Å²) in [6.45, 7) is 0. The summed E-state index contributed by atoms with van der Waals surface area (Å²) in [5.74, 6) is 0. The molecule has 0 saturated carbocycles. The van der Waals surface area contributed by atoms with E-state index in [1.54, 1.807) is 0 Å². The van der Waals surface area contributed by atoms with Crippen LogP contribution in [0.5, 0.6) is 0 Å². The van der Waals surface area contributed by atoms with Crippen LogP contribution in [-0.4, -0.2) is 66.8 Å². The van der Waals surface area contributed by atoms with Gasteiger partial charge in [-0.3, -0.25) is 9.11 Å². The summed E-state index contributed by atoms with van der Waals surface area (Å²) in [7, 11) is -4.67. The van der Waals surface area contributed by atoms with Crippen molar-refractivity contribution >= 4 is 10.4 Å². The van der Waals surface area contributed by atoms with Gasteiger partial charge in [0.15, 0.2) is 0 Å². The Morgan fingerprint density at radius 3 is 0.533 bits per heavy atom. The van der Waals surface area contributed by atoms with Crippen molar-refractivity contribution < 1.29 is 85.4 Å². The number of hydrogen-bond acceptors (Lipinski definition) is 2. The predicted octanol–water partition coefficient (Wildman–Crippen LogP) is -8.08. The molecule has 15 heavy (non-hydrogen) atoms. The predicted molar refractivity (Wildman–Crippen MR) is 46.7 cm³/mol. The molecule has 13 nitrogen and oxygen atoms in total. The molecule has 1 radical (unpaired) electrons. The van der Waals surface area contributed by atoms with Crippen molar-refractivity contribution in [2.24, 2.45) is 0 Å². The molecule has 0 atom stereocenters. The molecule has 0 aromatic carbocycles. The van der Waals surface area contributed by atoms with Crippen LogP contribution in [-0.2, 0) is 29.0 Å². The van der Waals surface area contributed by atoms with E-state index in [1.165, 1.54) is 0 Å². The minimum Gasteiger partial charge on any atom is -0.412 e. The Kier molecular flexibility index (Phi) is 776. The summed E-state index contributed by atoms with van der Waals surface area (Å²) in [6.07, 6.45) is 0. The molecule has 0 bridgehead atoms. The summed E-state index contributed by atoms with van der Waals surface area (Å²) >= 11 is 0. The SMILES string of the molecule is O.O.O.O.O.O.O.O.O.O=S(=O)(O)O.[V]. The van der Waals surface area contributed by atoms with Gasteiger partial charge in [-0.15, -0.1) is 0 Å². The van der Waals surface area contributed by atoms with E-state index in [4.69, 9.17) is 17.5 Å². The van der Waals surface area contributed by atoms with Crippen molar-refractivity contribution in [3.05, 3.63) is 0 Å². The van der Waals surface area contributed by atoms with Crippen LogP contribution in [0, 0.1) is 0 Å². The third-order valence-electron chi connectivity index (χ3n) is 0. The maximum absolute atomic E-state index is 8.74. The van der Waals surface area contributed by atoms with Crippen molar-refractivity contribution in [1.82, 2.24) is 0 Å². The van der Waals surface area contributed by atoms with Gasteiger partial charge in [-0.2, -0.15) is 8.42 Å². The van der Waals surface area contributed by atoms with E-state index in [1.807, 2.05) is 0 Å². The minimum absolute atomic E-state index is 0. The van der Waals surface area contributed by atoms with Crippen LogP contribution in [0.4, 0.5) is 0 Å². The molecular weight excluding hydrogens is 291 g/mol. The van der Waals surface area contributed by atoms with Crippen LogP contribution in [0.25, 0.3) is 0 Å². The van der Waals surface area contributed by atoms with Crippen molar-refractivity contribution in [3.8, 4) is 0 Å². The van der Waals surface area contributed by atoms with E-state index < -0.39 is 10.4 Å². The maximum atomic E-state index is 8.74. The van der Waals surface area contributed by atoms with Gasteiger partial charge in [0.25, 0.3) is 0 Å². The molecule has 0 amide bonds. The molecule has 0 spiro atoms. The van der Waals surface area contributed by atoms with Gasteiger partial charge in [-0.25, -0.2) is 0 Å². The first-order chi connectivity index (χ1) is 2.00. The zero-order valence-corrected chi connectivity index (χ0v) is 9.28. The van der Waals surface area contributed by atoms with Gasteiger partial charge >= 0.3 is 10.4 Å². The van der Waals surface area contributed by atoms with Crippen LogP contribution < -0.4 is 0 Å². The fraction of sp³-hybridized carbons (Fsp3) is 0. The van der Waals surface area contributed by atoms with Crippen LogP contribution in [0.1, 0.15) is 0 Å². The van der Waals surface area contributed by atoms with E-state index in [-0.39, 0.29) is 67.8 Å². The summed E-state index contributed by atoms with van der Waals surface area (Å²) in [4.78, 5) is 0. The third-order valence-corrected chi connectivity index (χ3v) is 0. The van der Waals surface area contributed by atoms with Gasteiger partial charge in [-0.05, 0) is 0 Å². The molecule has 0 aromatic heterocycles. The molecule has 0 rings (SSSR count). The van der Waals surface area contributed by atoms with Gasteiger partial charge < -0.3 is 49.3 Å². The van der Waals surface area contributed by atoms with Crippen molar-refractivity contribution in [3.63, 3.8) is 0 Å². The standard InChI is InChI=1S/H2O4S.9H2O.V/c1-5(2,3)4;;;;;;;;;;/h(H2,1,2,3,4);9*1H2;. The molecule has 0 aliphatic carbocycles. The summed E-state index contributed by atoms with van der Waals surface area (Å²) in [5, 5.41) is 0. The topological polar surface area (TPSA) is 358 Å². The molecule has 0 saturated heterocycles. The molecule has 0 fully saturated rings. The van der Waals surface area contributed by atoms with Gasteiger partial charge in [0.05, 0.1) is 0 Å². The summed E-state index contributed by atoms with van der Waals surface area (Å²) in [5.41, 5.74) is 0. The molecule has 109 valence electrons. The fourth-order valence-electron chi connectivity index (χ4n) is 0. The summed E-state index contributed by atoms with van der Waals surface area (Å²) < 4.78 is 31.6. The molecule has 0 aliphatic heterocycles. The number of rotatable bonds is 0. The van der Waals surface area contributed by atoms with Crippen LogP contribution in [0.15, 0.2) is 0 Å². The summed E-state index contributed by atoms with van der Waals surface area (Å²) in [6, 6.07) is 0. The second-order valence-electron chi connectivity index (χ2n) is 0.448. The zero-order valence-electron chi connectivity index (χ0n) is 7.07. The monoisotopic (exact) mass is 311 g/mol. The average molecular weight is 311 g/mol. The van der Waals surface area contributed by atoms with Crippen LogP contribution in [0.3, 0.4) is 0 Å². The van der Waals surface area contributed by atoms with E-state index in [0.717, 1.165) is 0 Å². The fourth-order valence-corrected chi connectivity index (χ4v) is 0. The number of hydrogen-bond donors (Lipinski definition) is 2. The van der Waals surface area contributed by atoms with Gasteiger partial charge in [0.1, 0.15) is 0 Å². The Labute approximate surface area is 96.3 Å². The molecule has 0 aromatic rings. The van der Waals surface area contributed by atoms with Gasteiger partial charge in [0, 0.05) is 18.6 Å². The van der Waals surface area contributed by atoms with E-state index in [9.17, 15) is 0 Å². The maximum Gasteiger partial charge on any atom is 0.394 e. The zero-order chi connectivity index (χ0) is 4.50. The van der Waals surface area contributed by atoms with Crippen LogP contribution >= 0.6 is 0 Å². The average Bonchev–Trinajstić information content (AvgIpc) is 0.722. The Bertz CT molecular complexity index is 93.7. The first-order valence-electron chi connectivity index (χ1n) is 0.698. The van der Waals surface area contributed by atoms with E-state index in [2.05, 4.69) is 0 Å². The van der Waals surface area contributed by atoms with Crippen molar-refractivity contribution in [1.29, 1.82) is 0 Å². The van der Waals surface area contributed by atoms with Gasteiger partial charge in [0.2, 0.25) is 0 Å². The molecule has 0 unspecified atom stereocenters. The Balaban J connectivity index is -0.00000000178. The molecular formula is H20O13SV. The second kappa shape index (κ2) is 65.1. The quantitative estimate of drug-likeness (QED) is 0.411. The Morgan fingerprint density at radius 1 is 0.533 bits per heavy atom. The minimum atomic E-state index is -4.67. The van der Waals surface area contributed by atoms with E-state index in [0.29, 0.717) is 0 Å². The first-order valence-corrected chi connectivity index (χ1v) is 2.10. The van der Waals surface area contributed by atoms with E-state index >= 15 is 0 Å². The van der Waals surface area contributed by atoms with Gasteiger partial charge in [-0.1, -0.05) is 0 Å². The largest absolute Gasteiger partial charge is 0.412 e. The Hall–Kier alpha value is 0.0944. The molecule has 15 heteroatoms. The molecule has 20 N–H and O–H groups in total. The Morgan fingerprint density at radius 2 is 0.533 bits per heavy atom. The van der Waals surface area contributed by atoms with Crippen molar-refractivity contribution in [2.45, 2.75) is 0 Å².